The highest BCUT2D eigenvalue weighted by atomic mass is 16.5. The Morgan fingerprint density at radius 1 is 1.35 bits per heavy atom. The van der Waals surface area contributed by atoms with E-state index < -0.39 is 0 Å². The maximum Gasteiger partial charge on any atom is 0.221 e. The van der Waals surface area contributed by atoms with Gasteiger partial charge in [0.25, 0.3) is 0 Å². The standard InChI is InChI=1S/C13H21N3O/c1-10-11(15-9-16-12(10)17-3)14-8-13(2)6-4-5-7-13/h9H,4-8H2,1-3H3,(H,14,15,16). The van der Waals surface area contributed by atoms with E-state index in [-0.39, 0.29) is 0 Å². The number of nitrogens with one attached hydrogen (secondary N) is 1. The molecule has 0 aliphatic heterocycles. The molecule has 0 atom stereocenters. The van der Waals surface area contributed by atoms with Crippen molar-refractivity contribution in [3.63, 3.8) is 0 Å². The third-order valence-corrected chi connectivity index (χ3v) is 3.72. The predicted molar refractivity (Wildman–Crippen MR) is 68.4 cm³/mol. The number of rotatable bonds is 4. The molecule has 0 aromatic carbocycles. The normalized spacial score (nSPS) is 18.1. The first-order valence-electron chi connectivity index (χ1n) is 6.24. The Balaban J connectivity index is 2.03. The molecule has 1 heterocycles. The molecule has 1 aliphatic rings. The Morgan fingerprint density at radius 3 is 2.71 bits per heavy atom. The highest BCUT2D eigenvalue weighted by molar-refractivity contribution is 5.47. The minimum Gasteiger partial charge on any atom is -0.481 e. The molecule has 2 rings (SSSR count). The number of nitrogens with zero attached hydrogens (tertiary/aromatic N) is 2. The molecule has 0 bridgehead atoms. The lowest BCUT2D eigenvalue weighted by molar-refractivity contribution is 0.361. The smallest absolute Gasteiger partial charge is 0.221 e. The quantitative estimate of drug-likeness (QED) is 0.871. The van der Waals surface area contributed by atoms with Crippen LogP contribution in [0.2, 0.25) is 0 Å². The van der Waals surface area contributed by atoms with Gasteiger partial charge in [-0.15, -0.1) is 0 Å². The SMILES string of the molecule is COc1ncnc(NCC2(C)CCCC2)c1C. The van der Waals surface area contributed by atoms with Crippen LogP contribution in [-0.2, 0) is 0 Å². The minimum atomic E-state index is 0.421. The van der Waals surface area contributed by atoms with Crippen LogP contribution in [0.25, 0.3) is 0 Å². The maximum atomic E-state index is 5.19. The summed E-state index contributed by atoms with van der Waals surface area (Å²) in [6.07, 6.45) is 6.86. The molecule has 0 spiro atoms. The molecule has 94 valence electrons. The van der Waals surface area contributed by atoms with Crippen molar-refractivity contribution in [1.29, 1.82) is 0 Å². The Labute approximate surface area is 103 Å². The third kappa shape index (κ3) is 2.68. The molecule has 1 aromatic heterocycles. The second kappa shape index (κ2) is 4.90. The van der Waals surface area contributed by atoms with Gasteiger partial charge in [-0.2, -0.15) is 0 Å². The van der Waals surface area contributed by atoms with Gasteiger partial charge in [-0.1, -0.05) is 19.8 Å². The number of anilines is 1. The van der Waals surface area contributed by atoms with Crippen LogP contribution in [0, 0.1) is 12.3 Å². The van der Waals surface area contributed by atoms with E-state index in [0.29, 0.717) is 11.3 Å². The molecule has 4 heteroatoms. The third-order valence-electron chi connectivity index (χ3n) is 3.72. The number of hydrogen-bond acceptors (Lipinski definition) is 4. The molecule has 4 nitrogen and oxygen atoms in total. The van der Waals surface area contributed by atoms with Crippen molar-refractivity contribution in [3.8, 4) is 5.88 Å². The molecule has 0 radical (unpaired) electrons. The van der Waals surface area contributed by atoms with Gasteiger partial charge in [0.05, 0.1) is 12.7 Å². The topological polar surface area (TPSA) is 47.0 Å². The van der Waals surface area contributed by atoms with Crippen LogP contribution in [-0.4, -0.2) is 23.6 Å². The van der Waals surface area contributed by atoms with Crippen molar-refractivity contribution in [1.82, 2.24) is 9.97 Å². The van der Waals surface area contributed by atoms with Crippen molar-refractivity contribution in [3.05, 3.63) is 11.9 Å². The summed E-state index contributed by atoms with van der Waals surface area (Å²) in [5.41, 5.74) is 1.40. The summed E-state index contributed by atoms with van der Waals surface area (Å²) in [6.45, 7) is 5.31. The van der Waals surface area contributed by atoms with Crippen molar-refractivity contribution in [2.45, 2.75) is 39.5 Å². The van der Waals surface area contributed by atoms with Crippen molar-refractivity contribution < 1.29 is 4.74 Å². The predicted octanol–water partition coefficient (Wildman–Crippen LogP) is 2.79. The molecular weight excluding hydrogens is 214 g/mol. The van der Waals surface area contributed by atoms with E-state index in [1.165, 1.54) is 25.7 Å². The lowest BCUT2D eigenvalue weighted by Gasteiger charge is -2.24. The monoisotopic (exact) mass is 235 g/mol. The first-order valence-corrected chi connectivity index (χ1v) is 6.24. The number of ether oxygens (including phenoxy) is 1. The van der Waals surface area contributed by atoms with Crippen LogP contribution < -0.4 is 10.1 Å². The maximum absolute atomic E-state index is 5.19. The summed E-state index contributed by atoms with van der Waals surface area (Å²) >= 11 is 0. The summed E-state index contributed by atoms with van der Waals surface area (Å²) in [6, 6.07) is 0. The van der Waals surface area contributed by atoms with Gasteiger partial charge in [0.2, 0.25) is 5.88 Å². The summed E-state index contributed by atoms with van der Waals surface area (Å²) in [5.74, 6) is 1.55. The summed E-state index contributed by atoms with van der Waals surface area (Å²) in [4.78, 5) is 8.36. The lowest BCUT2D eigenvalue weighted by atomic mass is 9.89. The van der Waals surface area contributed by atoms with E-state index in [4.69, 9.17) is 4.74 Å². The summed E-state index contributed by atoms with van der Waals surface area (Å²) in [5, 5.41) is 3.44. The van der Waals surface area contributed by atoms with E-state index >= 15 is 0 Å². The number of hydrogen-bond donors (Lipinski definition) is 1. The average Bonchev–Trinajstić information content (AvgIpc) is 2.75. The van der Waals surface area contributed by atoms with Crippen molar-refractivity contribution in [2.75, 3.05) is 19.0 Å². The molecule has 1 aromatic rings. The zero-order valence-electron chi connectivity index (χ0n) is 10.9. The molecular formula is C13H21N3O. The highest BCUT2D eigenvalue weighted by Gasteiger charge is 2.28. The lowest BCUT2D eigenvalue weighted by Crippen LogP contribution is -2.23. The Kier molecular flexibility index (Phi) is 3.50. The zero-order chi connectivity index (χ0) is 12.3. The summed E-state index contributed by atoms with van der Waals surface area (Å²) in [7, 11) is 1.64. The molecule has 0 amide bonds. The van der Waals surface area contributed by atoms with Gasteiger partial charge >= 0.3 is 0 Å². The van der Waals surface area contributed by atoms with Crippen molar-refractivity contribution >= 4 is 5.82 Å². The molecule has 0 unspecified atom stereocenters. The highest BCUT2D eigenvalue weighted by Crippen LogP contribution is 2.37. The van der Waals surface area contributed by atoms with Gasteiger partial charge in [-0.3, -0.25) is 0 Å². The fraction of sp³-hybridized carbons (Fsp3) is 0.692. The first-order chi connectivity index (χ1) is 8.14. The zero-order valence-corrected chi connectivity index (χ0v) is 10.9. The second-order valence-corrected chi connectivity index (χ2v) is 5.23. The largest absolute Gasteiger partial charge is 0.481 e. The second-order valence-electron chi connectivity index (χ2n) is 5.23. The van der Waals surface area contributed by atoms with E-state index in [1.807, 2.05) is 6.92 Å². The Hall–Kier alpha value is -1.32. The van der Waals surface area contributed by atoms with E-state index in [0.717, 1.165) is 17.9 Å². The number of methoxy groups -OCH3 is 1. The van der Waals surface area contributed by atoms with Crippen LogP contribution in [0.15, 0.2) is 6.33 Å². The van der Waals surface area contributed by atoms with Gasteiger partial charge < -0.3 is 10.1 Å². The minimum absolute atomic E-state index is 0.421. The fourth-order valence-electron chi connectivity index (χ4n) is 2.52. The van der Waals surface area contributed by atoms with Gasteiger partial charge in [-0.05, 0) is 25.2 Å². The van der Waals surface area contributed by atoms with E-state index in [2.05, 4.69) is 22.2 Å². The van der Waals surface area contributed by atoms with Crippen LogP contribution >= 0.6 is 0 Å². The van der Waals surface area contributed by atoms with Gasteiger partial charge in [0.1, 0.15) is 12.1 Å². The van der Waals surface area contributed by atoms with Crippen LogP contribution in [0.5, 0.6) is 5.88 Å². The van der Waals surface area contributed by atoms with E-state index in [1.54, 1.807) is 13.4 Å². The molecule has 1 aliphatic carbocycles. The van der Waals surface area contributed by atoms with Crippen LogP contribution in [0.4, 0.5) is 5.82 Å². The Bertz CT molecular complexity index is 386. The van der Waals surface area contributed by atoms with Crippen LogP contribution in [0.3, 0.4) is 0 Å². The number of aromatic nitrogens is 2. The van der Waals surface area contributed by atoms with Crippen molar-refractivity contribution in [2.24, 2.45) is 5.41 Å². The molecule has 17 heavy (non-hydrogen) atoms. The average molecular weight is 235 g/mol. The molecule has 1 fully saturated rings. The molecule has 1 N–H and O–H groups in total. The molecule has 0 saturated heterocycles. The molecule has 1 saturated carbocycles. The fourth-order valence-corrected chi connectivity index (χ4v) is 2.52. The van der Waals surface area contributed by atoms with Gasteiger partial charge in [0, 0.05) is 6.54 Å². The van der Waals surface area contributed by atoms with E-state index in [9.17, 15) is 0 Å². The first kappa shape index (κ1) is 12.1. The van der Waals surface area contributed by atoms with Gasteiger partial charge in [-0.25, -0.2) is 9.97 Å². The van der Waals surface area contributed by atoms with Gasteiger partial charge in [0.15, 0.2) is 0 Å². The van der Waals surface area contributed by atoms with Crippen LogP contribution in [0.1, 0.15) is 38.2 Å². The Morgan fingerprint density at radius 2 is 2.06 bits per heavy atom. The summed E-state index contributed by atoms with van der Waals surface area (Å²) < 4.78 is 5.19.